The van der Waals surface area contributed by atoms with Crippen LogP contribution in [0.5, 0.6) is 0 Å². The molecule has 0 unspecified atom stereocenters. The molecular weight excluding hydrogens is 360 g/mol. The van der Waals surface area contributed by atoms with E-state index in [1.54, 1.807) is 6.07 Å². The molecule has 7 heteroatoms. The van der Waals surface area contributed by atoms with Gasteiger partial charge in [-0.15, -0.1) is 11.8 Å². The highest BCUT2D eigenvalue weighted by atomic mass is 32.2. The summed E-state index contributed by atoms with van der Waals surface area (Å²) < 4.78 is 53.0. The molecule has 1 aliphatic heterocycles. The van der Waals surface area contributed by atoms with Crippen LogP contribution in [0.25, 0.3) is 0 Å². The van der Waals surface area contributed by atoms with Gasteiger partial charge in [0.1, 0.15) is 17.5 Å². The van der Waals surface area contributed by atoms with Crippen molar-refractivity contribution in [3.63, 3.8) is 0 Å². The van der Waals surface area contributed by atoms with Crippen molar-refractivity contribution >= 4 is 24.3 Å². The number of thioether (sulfide) groups is 1. The molecule has 1 saturated heterocycles. The Morgan fingerprint density at radius 1 is 0.885 bits per heavy atom. The highest BCUT2D eigenvalue weighted by Gasteiger charge is 2.51. The molecule has 2 aromatic carbocycles. The van der Waals surface area contributed by atoms with Gasteiger partial charge in [0, 0.05) is 10.6 Å². The van der Waals surface area contributed by atoms with Gasteiger partial charge in [0.05, 0.1) is 11.2 Å². The minimum Gasteiger partial charge on any atom is -0.399 e. The van der Waals surface area contributed by atoms with Gasteiger partial charge in [0.15, 0.2) is 0 Å². The molecule has 0 bridgehead atoms. The summed E-state index contributed by atoms with van der Waals surface area (Å²) >= 11 is 1.11. The summed E-state index contributed by atoms with van der Waals surface area (Å²) in [5.74, 6) is -1.14. The lowest BCUT2D eigenvalue weighted by molar-refractivity contribution is 0.00578. The van der Waals surface area contributed by atoms with Gasteiger partial charge in [-0.25, -0.2) is 13.2 Å². The molecule has 2 aromatic rings. The van der Waals surface area contributed by atoms with Gasteiger partial charge in [-0.05, 0) is 69.1 Å². The standard InChI is InChI=1S/C19H20BF3O2S/c1-18(2)19(3,4)25-20(24-18)13-7-12(8-15(22)9-13)11-26-17-10-14(21)5-6-16(17)23/h5-10H,11H2,1-4H3. The van der Waals surface area contributed by atoms with Crippen molar-refractivity contribution in [1.29, 1.82) is 0 Å². The second-order valence-corrected chi connectivity index (χ2v) is 8.36. The predicted octanol–water partition coefficient (Wildman–Crippen LogP) is 4.70. The molecule has 0 atom stereocenters. The highest BCUT2D eigenvalue weighted by molar-refractivity contribution is 7.98. The van der Waals surface area contributed by atoms with Crippen molar-refractivity contribution in [2.45, 2.75) is 49.5 Å². The first-order valence-electron chi connectivity index (χ1n) is 8.30. The van der Waals surface area contributed by atoms with Crippen LogP contribution in [0, 0.1) is 17.5 Å². The summed E-state index contributed by atoms with van der Waals surface area (Å²) in [4.78, 5) is 0.187. The third-order valence-corrected chi connectivity index (χ3v) is 5.89. The SMILES string of the molecule is CC1(C)OB(c2cc(F)cc(CSc3cc(F)ccc3F)c2)OC1(C)C. The number of rotatable bonds is 4. The predicted molar refractivity (Wildman–Crippen MR) is 98.0 cm³/mol. The second-order valence-electron chi connectivity index (χ2n) is 7.34. The van der Waals surface area contributed by atoms with Crippen LogP contribution in [0.2, 0.25) is 0 Å². The van der Waals surface area contributed by atoms with Crippen LogP contribution >= 0.6 is 11.8 Å². The topological polar surface area (TPSA) is 18.5 Å². The Balaban J connectivity index is 1.79. The molecule has 0 aromatic heterocycles. The average molecular weight is 380 g/mol. The minimum absolute atomic E-state index is 0.187. The van der Waals surface area contributed by atoms with Crippen LogP contribution in [0.3, 0.4) is 0 Å². The fourth-order valence-corrected chi connectivity index (χ4v) is 3.51. The van der Waals surface area contributed by atoms with Crippen molar-refractivity contribution < 1.29 is 22.5 Å². The van der Waals surface area contributed by atoms with Crippen LogP contribution in [0.4, 0.5) is 13.2 Å². The Bertz CT molecular complexity index is 810. The van der Waals surface area contributed by atoms with E-state index in [2.05, 4.69) is 0 Å². The Morgan fingerprint density at radius 2 is 1.54 bits per heavy atom. The Morgan fingerprint density at radius 3 is 2.19 bits per heavy atom. The van der Waals surface area contributed by atoms with Crippen molar-refractivity contribution in [2.24, 2.45) is 0 Å². The average Bonchev–Trinajstić information content (AvgIpc) is 2.76. The first kappa shape index (κ1) is 19.3. The lowest BCUT2D eigenvalue weighted by atomic mass is 9.78. The van der Waals surface area contributed by atoms with Crippen LogP contribution in [0.15, 0.2) is 41.3 Å². The van der Waals surface area contributed by atoms with Crippen molar-refractivity contribution in [3.8, 4) is 0 Å². The number of hydrogen-bond acceptors (Lipinski definition) is 3. The summed E-state index contributed by atoms with van der Waals surface area (Å²) in [5.41, 5.74) is 0.162. The number of halogens is 3. The van der Waals surface area contributed by atoms with E-state index in [-0.39, 0.29) is 4.90 Å². The molecular formula is C19H20BF3O2S. The first-order chi connectivity index (χ1) is 12.1. The Kier molecular flexibility index (Phi) is 5.16. The van der Waals surface area contributed by atoms with Crippen molar-refractivity contribution in [1.82, 2.24) is 0 Å². The molecule has 0 aliphatic carbocycles. The van der Waals surface area contributed by atoms with E-state index in [0.717, 1.165) is 30.0 Å². The fraction of sp³-hybridized carbons (Fsp3) is 0.368. The maximum Gasteiger partial charge on any atom is 0.494 e. The number of hydrogen-bond donors (Lipinski definition) is 0. The van der Waals surface area contributed by atoms with Crippen LogP contribution in [-0.2, 0) is 15.1 Å². The number of benzene rings is 2. The summed E-state index contributed by atoms with van der Waals surface area (Å²) in [6.07, 6.45) is 0. The van der Waals surface area contributed by atoms with Gasteiger partial charge in [-0.1, -0.05) is 6.07 Å². The van der Waals surface area contributed by atoms with E-state index in [1.165, 1.54) is 12.1 Å². The van der Waals surface area contributed by atoms with E-state index in [0.29, 0.717) is 16.8 Å². The molecule has 0 radical (unpaired) electrons. The molecule has 138 valence electrons. The summed E-state index contributed by atoms with van der Waals surface area (Å²) in [6.45, 7) is 7.71. The smallest absolute Gasteiger partial charge is 0.399 e. The van der Waals surface area contributed by atoms with Crippen molar-refractivity contribution in [3.05, 3.63) is 59.4 Å². The molecule has 26 heavy (non-hydrogen) atoms. The molecule has 3 rings (SSSR count). The summed E-state index contributed by atoms with van der Waals surface area (Å²) in [5, 5.41) is 0. The molecule has 1 fully saturated rings. The molecule has 0 spiro atoms. The molecule has 0 N–H and O–H groups in total. The van der Waals surface area contributed by atoms with E-state index >= 15 is 0 Å². The first-order valence-corrected chi connectivity index (χ1v) is 9.29. The van der Waals surface area contributed by atoms with E-state index in [1.807, 2.05) is 27.7 Å². The zero-order valence-electron chi connectivity index (χ0n) is 15.1. The molecule has 0 amide bonds. The lowest BCUT2D eigenvalue weighted by Crippen LogP contribution is -2.41. The monoisotopic (exact) mass is 380 g/mol. The summed E-state index contributed by atoms with van der Waals surface area (Å²) in [6, 6.07) is 7.80. The Labute approximate surface area is 156 Å². The van der Waals surface area contributed by atoms with Crippen LogP contribution < -0.4 is 5.46 Å². The third kappa shape index (κ3) is 3.95. The van der Waals surface area contributed by atoms with Crippen LogP contribution in [0.1, 0.15) is 33.3 Å². The van der Waals surface area contributed by atoms with Gasteiger partial charge in [-0.3, -0.25) is 0 Å². The largest absolute Gasteiger partial charge is 0.494 e. The van der Waals surface area contributed by atoms with Gasteiger partial charge < -0.3 is 9.31 Å². The normalized spacial score (nSPS) is 18.3. The molecule has 2 nitrogen and oxygen atoms in total. The van der Waals surface area contributed by atoms with Gasteiger partial charge in [0.2, 0.25) is 0 Å². The quantitative estimate of drug-likeness (QED) is 0.566. The zero-order valence-corrected chi connectivity index (χ0v) is 15.9. The Hall–Kier alpha value is -1.44. The molecule has 0 saturated carbocycles. The van der Waals surface area contributed by atoms with E-state index < -0.39 is 35.8 Å². The van der Waals surface area contributed by atoms with Gasteiger partial charge in [0.25, 0.3) is 0 Å². The lowest BCUT2D eigenvalue weighted by Gasteiger charge is -2.32. The maximum absolute atomic E-state index is 14.1. The van der Waals surface area contributed by atoms with Crippen molar-refractivity contribution in [2.75, 3.05) is 0 Å². The van der Waals surface area contributed by atoms with Gasteiger partial charge >= 0.3 is 7.12 Å². The summed E-state index contributed by atoms with van der Waals surface area (Å²) in [7, 11) is -0.676. The van der Waals surface area contributed by atoms with Crippen LogP contribution in [-0.4, -0.2) is 18.3 Å². The van der Waals surface area contributed by atoms with E-state index in [9.17, 15) is 13.2 Å². The fourth-order valence-electron chi connectivity index (χ4n) is 2.62. The maximum atomic E-state index is 14.1. The minimum atomic E-state index is -0.676. The zero-order chi connectivity index (χ0) is 19.1. The third-order valence-electron chi connectivity index (χ3n) is 4.79. The van der Waals surface area contributed by atoms with E-state index in [4.69, 9.17) is 9.31 Å². The highest BCUT2D eigenvalue weighted by Crippen LogP contribution is 2.36. The molecule has 1 aliphatic rings. The molecule has 1 heterocycles. The van der Waals surface area contributed by atoms with Gasteiger partial charge in [-0.2, -0.15) is 0 Å². The second kappa shape index (κ2) is 6.95.